The van der Waals surface area contributed by atoms with Crippen LogP contribution < -0.4 is 10.6 Å². The molecule has 1 aliphatic rings. The van der Waals surface area contributed by atoms with Gasteiger partial charge in [-0.2, -0.15) is 0 Å². The van der Waals surface area contributed by atoms with E-state index in [-0.39, 0.29) is 24.1 Å². The molecule has 0 aromatic carbocycles. The van der Waals surface area contributed by atoms with E-state index in [1.54, 1.807) is 6.92 Å². The standard InChI is InChI=1S/C14H28N2O2/c1-10(9-11(2)17)15-12(3)14(18)16-13-7-5-4-6-8-13/h10-13,15,17H,4-9H2,1-3H3,(H,16,18). The van der Waals surface area contributed by atoms with E-state index in [0.29, 0.717) is 12.5 Å². The second-order valence-corrected chi connectivity index (χ2v) is 5.72. The topological polar surface area (TPSA) is 61.4 Å². The Morgan fingerprint density at radius 3 is 2.39 bits per heavy atom. The maximum atomic E-state index is 12.0. The highest BCUT2D eigenvalue weighted by atomic mass is 16.3. The molecular weight excluding hydrogens is 228 g/mol. The lowest BCUT2D eigenvalue weighted by molar-refractivity contribution is -0.123. The van der Waals surface area contributed by atoms with Crippen LogP contribution in [0.2, 0.25) is 0 Å². The van der Waals surface area contributed by atoms with Crippen LogP contribution in [0, 0.1) is 0 Å². The summed E-state index contributed by atoms with van der Waals surface area (Å²) in [7, 11) is 0. The fourth-order valence-electron chi connectivity index (χ4n) is 2.66. The van der Waals surface area contributed by atoms with Crippen LogP contribution in [-0.2, 0) is 4.79 Å². The van der Waals surface area contributed by atoms with Crippen molar-refractivity contribution in [3.63, 3.8) is 0 Å². The zero-order valence-corrected chi connectivity index (χ0v) is 11.9. The number of hydrogen-bond donors (Lipinski definition) is 3. The second-order valence-electron chi connectivity index (χ2n) is 5.72. The number of carbonyl (C=O) groups is 1. The fourth-order valence-corrected chi connectivity index (χ4v) is 2.66. The minimum atomic E-state index is -0.332. The summed E-state index contributed by atoms with van der Waals surface area (Å²) in [6.45, 7) is 5.65. The third-order valence-electron chi connectivity index (χ3n) is 3.57. The normalized spacial score (nSPS) is 22.2. The van der Waals surface area contributed by atoms with Gasteiger partial charge in [-0.15, -0.1) is 0 Å². The van der Waals surface area contributed by atoms with Crippen molar-refractivity contribution in [1.29, 1.82) is 0 Å². The smallest absolute Gasteiger partial charge is 0.237 e. The molecule has 0 radical (unpaired) electrons. The van der Waals surface area contributed by atoms with Gasteiger partial charge in [-0.25, -0.2) is 0 Å². The van der Waals surface area contributed by atoms with E-state index in [0.717, 1.165) is 12.8 Å². The summed E-state index contributed by atoms with van der Waals surface area (Å²) in [5, 5.41) is 15.6. The molecule has 0 spiro atoms. The van der Waals surface area contributed by atoms with Gasteiger partial charge in [0.1, 0.15) is 0 Å². The molecule has 0 aromatic heterocycles. The minimum absolute atomic E-state index is 0.0827. The van der Waals surface area contributed by atoms with Crippen LogP contribution in [0.5, 0.6) is 0 Å². The van der Waals surface area contributed by atoms with Crippen molar-refractivity contribution in [1.82, 2.24) is 10.6 Å². The van der Waals surface area contributed by atoms with Crippen LogP contribution in [0.3, 0.4) is 0 Å². The number of carbonyl (C=O) groups excluding carboxylic acids is 1. The molecule has 106 valence electrons. The SMILES string of the molecule is CC(O)CC(C)NC(C)C(=O)NC1CCCCC1. The molecule has 0 aromatic rings. The summed E-state index contributed by atoms with van der Waals surface area (Å²) in [5.74, 6) is 0.0827. The number of aliphatic hydroxyl groups excluding tert-OH is 1. The van der Waals surface area contributed by atoms with E-state index in [9.17, 15) is 9.90 Å². The van der Waals surface area contributed by atoms with Crippen molar-refractivity contribution in [2.75, 3.05) is 0 Å². The summed E-state index contributed by atoms with van der Waals surface area (Å²) in [4.78, 5) is 12.0. The second kappa shape index (κ2) is 7.74. The van der Waals surface area contributed by atoms with Gasteiger partial charge in [0, 0.05) is 12.1 Å². The van der Waals surface area contributed by atoms with E-state index in [1.807, 2.05) is 13.8 Å². The van der Waals surface area contributed by atoms with E-state index < -0.39 is 0 Å². The van der Waals surface area contributed by atoms with Crippen molar-refractivity contribution in [2.45, 2.75) is 83.5 Å². The predicted octanol–water partition coefficient (Wildman–Crippen LogP) is 1.57. The van der Waals surface area contributed by atoms with Crippen LogP contribution in [0.25, 0.3) is 0 Å². The van der Waals surface area contributed by atoms with Crippen LogP contribution in [0.1, 0.15) is 59.3 Å². The van der Waals surface area contributed by atoms with Gasteiger partial charge in [0.15, 0.2) is 0 Å². The highest BCUT2D eigenvalue weighted by Gasteiger charge is 2.20. The Balaban J connectivity index is 2.27. The Kier molecular flexibility index (Phi) is 6.65. The van der Waals surface area contributed by atoms with Gasteiger partial charge in [-0.05, 0) is 40.0 Å². The molecule has 0 aliphatic heterocycles. The average Bonchev–Trinajstić information content (AvgIpc) is 2.28. The summed E-state index contributed by atoms with van der Waals surface area (Å²) in [5.41, 5.74) is 0. The average molecular weight is 256 g/mol. The van der Waals surface area contributed by atoms with Crippen LogP contribution in [-0.4, -0.2) is 35.2 Å². The molecule has 1 aliphatic carbocycles. The lowest BCUT2D eigenvalue weighted by atomic mass is 9.95. The number of hydrogen-bond acceptors (Lipinski definition) is 3. The molecule has 3 N–H and O–H groups in total. The van der Waals surface area contributed by atoms with E-state index in [1.165, 1.54) is 19.3 Å². The minimum Gasteiger partial charge on any atom is -0.393 e. The van der Waals surface area contributed by atoms with Gasteiger partial charge in [0.05, 0.1) is 12.1 Å². The molecule has 3 atom stereocenters. The Morgan fingerprint density at radius 1 is 1.22 bits per heavy atom. The molecule has 0 heterocycles. The van der Waals surface area contributed by atoms with E-state index >= 15 is 0 Å². The van der Waals surface area contributed by atoms with Gasteiger partial charge in [0.25, 0.3) is 0 Å². The third kappa shape index (κ3) is 5.83. The van der Waals surface area contributed by atoms with Gasteiger partial charge in [0.2, 0.25) is 5.91 Å². The molecule has 18 heavy (non-hydrogen) atoms. The maximum Gasteiger partial charge on any atom is 0.237 e. The fraction of sp³-hybridized carbons (Fsp3) is 0.929. The molecule has 3 unspecified atom stereocenters. The van der Waals surface area contributed by atoms with Crippen molar-refractivity contribution in [2.24, 2.45) is 0 Å². The molecular formula is C14H28N2O2. The Hall–Kier alpha value is -0.610. The Labute approximate surface area is 111 Å². The van der Waals surface area contributed by atoms with Crippen LogP contribution in [0.15, 0.2) is 0 Å². The Bertz CT molecular complexity index is 250. The van der Waals surface area contributed by atoms with Crippen molar-refractivity contribution in [3.05, 3.63) is 0 Å². The zero-order chi connectivity index (χ0) is 13.5. The highest BCUT2D eigenvalue weighted by molar-refractivity contribution is 5.81. The first-order valence-corrected chi connectivity index (χ1v) is 7.23. The lowest BCUT2D eigenvalue weighted by Crippen LogP contribution is -2.49. The van der Waals surface area contributed by atoms with Crippen molar-refractivity contribution < 1.29 is 9.90 Å². The monoisotopic (exact) mass is 256 g/mol. The van der Waals surface area contributed by atoms with Gasteiger partial charge in [-0.3, -0.25) is 4.79 Å². The van der Waals surface area contributed by atoms with Crippen molar-refractivity contribution in [3.8, 4) is 0 Å². The van der Waals surface area contributed by atoms with E-state index in [2.05, 4.69) is 10.6 Å². The maximum absolute atomic E-state index is 12.0. The number of nitrogens with one attached hydrogen (secondary N) is 2. The molecule has 1 amide bonds. The molecule has 1 saturated carbocycles. The summed E-state index contributed by atoms with van der Waals surface area (Å²) < 4.78 is 0. The lowest BCUT2D eigenvalue weighted by Gasteiger charge is -2.26. The van der Waals surface area contributed by atoms with Gasteiger partial charge >= 0.3 is 0 Å². The number of rotatable bonds is 6. The molecule has 0 bridgehead atoms. The summed E-state index contributed by atoms with van der Waals surface area (Å²) in [6.07, 6.45) is 6.31. The molecule has 0 saturated heterocycles. The molecule has 1 fully saturated rings. The first kappa shape index (κ1) is 15.4. The molecule has 4 nitrogen and oxygen atoms in total. The number of aliphatic hydroxyl groups is 1. The first-order chi connectivity index (χ1) is 8.49. The quantitative estimate of drug-likeness (QED) is 0.676. The first-order valence-electron chi connectivity index (χ1n) is 7.23. The highest BCUT2D eigenvalue weighted by Crippen LogP contribution is 2.17. The van der Waals surface area contributed by atoms with Crippen LogP contribution >= 0.6 is 0 Å². The predicted molar refractivity (Wildman–Crippen MR) is 73.4 cm³/mol. The molecule has 4 heteroatoms. The zero-order valence-electron chi connectivity index (χ0n) is 11.9. The molecule has 1 rings (SSSR count). The Morgan fingerprint density at radius 2 is 1.83 bits per heavy atom. The van der Waals surface area contributed by atoms with Crippen LogP contribution in [0.4, 0.5) is 0 Å². The summed E-state index contributed by atoms with van der Waals surface area (Å²) >= 11 is 0. The third-order valence-corrected chi connectivity index (χ3v) is 3.57. The number of amides is 1. The largest absolute Gasteiger partial charge is 0.393 e. The van der Waals surface area contributed by atoms with Gasteiger partial charge in [-0.1, -0.05) is 19.3 Å². The van der Waals surface area contributed by atoms with Crippen molar-refractivity contribution >= 4 is 5.91 Å². The summed E-state index contributed by atoms with van der Waals surface area (Å²) in [6, 6.07) is 0.320. The van der Waals surface area contributed by atoms with Gasteiger partial charge < -0.3 is 15.7 Å². The van der Waals surface area contributed by atoms with E-state index in [4.69, 9.17) is 0 Å².